The second-order valence-electron chi connectivity index (χ2n) is 5.58. The predicted molar refractivity (Wildman–Crippen MR) is 99.1 cm³/mol. The minimum absolute atomic E-state index is 0.0598. The summed E-state index contributed by atoms with van der Waals surface area (Å²) in [6.45, 7) is 5.03. The third-order valence-electron chi connectivity index (χ3n) is 3.78. The maximum Gasteiger partial charge on any atom is 0.354 e. The Kier molecular flexibility index (Phi) is 6.99. The lowest BCUT2D eigenvalue weighted by Gasteiger charge is -2.14. The van der Waals surface area contributed by atoms with Gasteiger partial charge in [0.1, 0.15) is 18.1 Å². The number of carbonyl (C=O) groups is 2. The lowest BCUT2D eigenvalue weighted by molar-refractivity contribution is -0.138. The Morgan fingerprint density at radius 2 is 1.96 bits per heavy atom. The monoisotopic (exact) mass is 373 g/mol. The predicted octanol–water partition coefficient (Wildman–Crippen LogP) is 2.43. The van der Waals surface area contributed by atoms with Gasteiger partial charge in [-0.05, 0) is 26.0 Å². The van der Waals surface area contributed by atoms with Crippen molar-refractivity contribution in [2.45, 2.75) is 27.0 Å². The Bertz CT molecular complexity index is 842. The smallest absolute Gasteiger partial charge is 0.354 e. The highest BCUT2D eigenvalue weighted by molar-refractivity contribution is 5.99. The van der Waals surface area contributed by atoms with Gasteiger partial charge in [0.05, 0.1) is 31.7 Å². The number of nitrogens with one attached hydrogen (secondary N) is 1. The molecule has 0 unspecified atom stereocenters. The van der Waals surface area contributed by atoms with E-state index in [1.165, 1.54) is 14.2 Å². The minimum atomic E-state index is -0.699. The van der Waals surface area contributed by atoms with Crippen molar-refractivity contribution in [3.05, 3.63) is 53.5 Å². The molecule has 0 radical (unpaired) electrons. The van der Waals surface area contributed by atoms with Gasteiger partial charge in [0.25, 0.3) is 0 Å². The minimum Gasteiger partial charge on any atom is -0.487 e. The Morgan fingerprint density at radius 1 is 1.22 bits per heavy atom. The molecule has 1 aromatic carbocycles. The van der Waals surface area contributed by atoms with Crippen molar-refractivity contribution in [2.24, 2.45) is 0 Å². The summed E-state index contributed by atoms with van der Waals surface area (Å²) in [6.07, 6.45) is 2.96. The van der Waals surface area contributed by atoms with Crippen LogP contribution in [-0.2, 0) is 32.2 Å². The molecule has 144 valence electrons. The van der Waals surface area contributed by atoms with Crippen LogP contribution in [0.1, 0.15) is 18.2 Å². The molecule has 0 fully saturated rings. The molecule has 0 saturated heterocycles. The average molecular weight is 373 g/mol. The first-order valence-electron chi connectivity index (χ1n) is 8.38. The van der Waals surface area contributed by atoms with Crippen LogP contribution in [0.5, 0.6) is 5.75 Å². The van der Waals surface area contributed by atoms with Crippen LogP contribution in [0.2, 0.25) is 0 Å². The molecule has 1 N–H and O–H groups in total. The highest BCUT2D eigenvalue weighted by Gasteiger charge is 2.15. The van der Waals surface area contributed by atoms with E-state index in [0.717, 1.165) is 23.9 Å². The molecule has 0 atom stereocenters. The van der Waals surface area contributed by atoms with Crippen molar-refractivity contribution in [2.75, 3.05) is 19.5 Å². The summed E-state index contributed by atoms with van der Waals surface area (Å²) in [5, 5.41) is 7.26. The summed E-state index contributed by atoms with van der Waals surface area (Å²) in [6, 6.07) is 7.08. The Labute approximate surface area is 157 Å². The van der Waals surface area contributed by atoms with Crippen LogP contribution in [0.25, 0.3) is 0 Å². The van der Waals surface area contributed by atoms with Crippen molar-refractivity contribution in [3.63, 3.8) is 0 Å². The van der Waals surface area contributed by atoms with E-state index in [4.69, 9.17) is 9.47 Å². The number of benzene rings is 1. The van der Waals surface area contributed by atoms with E-state index in [1.54, 1.807) is 18.2 Å². The number of nitrogens with zero attached hydrogens (tertiary/aromatic N) is 2. The number of hydrogen-bond donors (Lipinski definition) is 1. The molecule has 0 spiro atoms. The van der Waals surface area contributed by atoms with Gasteiger partial charge in [-0.15, -0.1) is 0 Å². The van der Waals surface area contributed by atoms with Gasteiger partial charge in [-0.3, -0.25) is 4.68 Å². The first kappa shape index (κ1) is 20.0. The van der Waals surface area contributed by atoms with E-state index >= 15 is 0 Å². The van der Waals surface area contributed by atoms with E-state index in [1.807, 2.05) is 30.8 Å². The normalized spacial score (nSPS) is 11.0. The number of hydrogen-bond acceptors (Lipinski definition) is 7. The zero-order chi connectivity index (χ0) is 19.8. The van der Waals surface area contributed by atoms with Crippen molar-refractivity contribution in [3.8, 4) is 5.75 Å². The first-order valence-corrected chi connectivity index (χ1v) is 8.38. The number of carbonyl (C=O) groups excluding carboxylic acids is 2. The number of anilines is 1. The fourth-order valence-electron chi connectivity index (χ4n) is 2.29. The number of aromatic nitrogens is 2. The van der Waals surface area contributed by atoms with E-state index in [2.05, 4.69) is 15.2 Å². The molecule has 0 aliphatic rings. The van der Waals surface area contributed by atoms with Crippen LogP contribution >= 0.6 is 0 Å². The molecule has 0 saturated carbocycles. The molecule has 0 amide bonds. The van der Waals surface area contributed by atoms with Crippen molar-refractivity contribution in [1.29, 1.82) is 0 Å². The molecule has 8 heteroatoms. The fraction of sp³-hybridized carbons (Fsp3) is 0.316. The Hall–Kier alpha value is -3.29. The SMILES string of the molecule is CCn1cc(COc2ccccc2N/C(=C/C(=O)OC)C(=O)OC)c(C)n1. The third-order valence-corrected chi connectivity index (χ3v) is 3.78. The van der Waals surface area contributed by atoms with Crippen LogP contribution in [0.15, 0.2) is 42.2 Å². The summed E-state index contributed by atoms with van der Waals surface area (Å²) < 4.78 is 17.0. The lowest BCUT2D eigenvalue weighted by Crippen LogP contribution is -2.16. The molecule has 1 heterocycles. The van der Waals surface area contributed by atoms with Crippen molar-refractivity contribution >= 4 is 17.6 Å². The number of rotatable bonds is 8. The first-order chi connectivity index (χ1) is 13.0. The molecular formula is C19H23N3O5. The van der Waals surface area contributed by atoms with Crippen LogP contribution in [0, 0.1) is 6.92 Å². The molecule has 2 aromatic rings. The van der Waals surface area contributed by atoms with Gasteiger partial charge >= 0.3 is 11.9 Å². The molecule has 0 bridgehead atoms. The average Bonchev–Trinajstić information content (AvgIpc) is 3.05. The summed E-state index contributed by atoms with van der Waals surface area (Å²) in [5.41, 5.74) is 2.31. The second kappa shape index (κ2) is 9.42. The van der Waals surface area contributed by atoms with Gasteiger partial charge in [0.2, 0.25) is 0 Å². The molecule has 27 heavy (non-hydrogen) atoms. The zero-order valence-electron chi connectivity index (χ0n) is 15.8. The fourth-order valence-corrected chi connectivity index (χ4v) is 2.29. The zero-order valence-corrected chi connectivity index (χ0v) is 15.8. The van der Waals surface area contributed by atoms with E-state index in [9.17, 15) is 9.59 Å². The Balaban J connectivity index is 2.20. The van der Waals surface area contributed by atoms with E-state index in [-0.39, 0.29) is 5.70 Å². The van der Waals surface area contributed by atoms with E-state index < -0.39 is 11.9 Å². The van der Waals surface area contributed by atoms with E-state index in [0.29, 0.717) is 18.0 Å². The number of esters is 2. The number of methoxy groups -OCH3 is 2. The molecular weight excluding hydrogens is 350 g/mol. The van der Waals surface area contributed by atoms with Gasteiger partial charge < -0.3 is 19.5 Å². The van der Waals surface area contributed by atoms with Gasteiger partial charge in [0, 0.05) is 18.3 Å². The molecule has 0 aliphatic carbocycles. The lowest BCUT2D eigenvalue weighted by atomic mass is 10.2. The molecule has 1 aromatic heterocycles. The van der Waals surface area contributed by atoms with Crippen molar-refractivity contribution in [1.82, 2.24) is 9.78 Å². The van der Waals surface area contributed by atoms with Gasteiger partial charge in [-0.2, -0.15) is 5.10 Å². The van der Waals surface area contributed by atoms with Gasteiger partial charge in [-0.25, -0.2) is 9.59 Å². The highest BCUT2D eigenvalue weighted by atomic mass is 16.5. The highest BCUT2D eigenvalue weighted by Crippen LogP contribution is 2.26. The van der Waals surface area contributed by atoms with Crippen LogP contribution in [0.3, 0.4) is 0 Å². The summed E-state index contributed by atoms with van der Waals surface area (Å²) >= 11 is 0. The molecule has 2 rings (SSSR count). The van der Waals surface area contributed by atoms with Gasteiger partial charge in [-0.1, -0.05) is 12.1 Å². The van der Waals surface area contributed by atoms with Crippen LogP contribution < -0.4 is 10.1 Å². The third kappa shape index (κ3) is 5.34. The van der Waals surface area contributed by atoms with Crippen LogP contribution in [0.4, 0.5) is 5.69 Å². The number of aryl methyl sites for hydroxylation is 2. The summed E-state index contributed by atoms with van der Waals surface area (Å²) in [4.78, 5) is 23.4. The number of para-hydroxylation sites is 2. The summed E-state index contributed by atoms with van der Waals surface area (Å²) in [5.74, 6) is -0.861. The standard InChI is InChI=1S/C19H23N3O5/c1-5-22-11-14(13(2)21-22)12-27-17-9-7-6-8-15(17)20-16(19(24)26-4)10-18(23)25-3/h6-11,20H,5,12H2,1-4H3/b16-10+. The second-order valence-corrected chi connectivity index (χ2v) is 5.58. The number of ether oxygens (including phenoxy) is 3. The molecule has 0 aliphatic heterocycles. The topological polar surface area (TPSA) is 91.7 Å². The summed E-state index contributed by atoms with van der Waals surface area (Å²) in [7, 11) is 2.45. The largest absolute Gasteiger partial charge is 0.487 e. The maximum atomic E-state index is 11.9. The quantitative estimate of drug-likeness (QED) is 0.561. The molecule has 8 nitrogen and oxygen atoms in total. The Morgan fingerprint density at radius 3 is 2.59 bits per heavy atom. The van der Waals surface area contributed by atoms with Crippen LogP contribution in [-0.4, -0.2) is 35.9 Å². The van der Waals surface area contributed by atoms with Gasteiger partial charge in [0.15, 0.2) is 0 Å². The van der Waals surface area contributed by atoms with Crippen molar-refractivity contribution < 1.29 is 23.8 Å². The maximum absolute atomic E-state index is 11.9.